The van der Waals surface area contributed by atoms with Gasteiger partial charge in [-0.25, -0.2) is 19.0 Å². The number of hydrazine groups is 1. The molecule has 1 atom stereocenters. The van der Waals surface area contributed by atoms with Gasteiger partial charge in [-0.3, -0.25) is 15.2 Å². The standard InChI is InChI=1S/C21H19ClFN3O6/c1-21(31,19(28)29)11-26(25-18(27)17-9-24-20(30)32-17)10-12-2-4-13(5-3-12)15-8-14(22)6-7-16(15)23/h2-9,31H,10-11H2,1H3,(H,24,30)(H,25,27)(H,28,29)/t21-/m1/s1. The molecule has 0 aliphatic carbocycles. The van der Waals surface area contributed by atoms with Crippen LogP contribution in [0.3, 0.4) is 0 Å². The number of H-pyrrole nitrogens is 1. The molecule has 32 heavy (non-hydrogen) atoms. The Labute approximate surface area is 186 Å². The van der Waals surface area contributed by atoms with Crippen LogP contribution in [0.4, 0.5) is 4.39 Å². The molecule has 0 saturated carbocycles. The predicted molar refractivity (Wildman–Crippen MR) is 112 cm³/mol. The van der Waals surface area contributed by atoms with E-state index in [0.717, 1.165) is 13.1 Å². The predicted octanol–water partition coefficient (Wildman–Crippen LogP) is 2.41. The van der Waals surface area contributed by atoms with Crippen LogP contribution in [0.2, 0.25) is 5.02 Å². The Bertz CT molecular complexity index is 1190. The van der Waals surface area contributed by atoms with Gasteiger partial charge in [0.15, 0.2) is 5.60 Å². The van der Waals surface area contributed by atoms with E-state index in [9.17, 15) is 29.0 Å². The van der Waals surface area contributed by atoms with Gasteiger partial charge in [0, 0.05) is 17.1 Å². The SMILES string of the molecule is C[C@@](O)(CN(Cc1ccc(-c2cc(Cl)ccc2F)cc1)NC(=O)c1c[nH]c(=O)o1)C(=O)O. The van der Waals surface area contributed by atoms with E-state index in [1.54, 1.807) is 24.3 Å². The average molecular weight is 464 g/mol. The molecule has 1 heterocycles. The number of hydrogen-bond acceptors (Lipinski definition) is 6. The molecule has 0 unspecified atom stereocenters. The summed E-state index contributed by atoms with van der Waals surface area (Å²) in [4.78, 5) is 37.0. The molecule has 0 spiro atoms. The molecule has 168 valence electrons. The molecule has 3 rings (SSSR count). The van der Waals surface area contributed by atoms with Crippen LogP contribution in [0.15, 0.2) is 57.9 Å². The molecule has 0 fully saturated rings. The van der Waals surface area contributed by atoms with Crippen LogP contribution in [0.5, 0.6) is 0 Å². The molecule has 1 aromatic heterocycles. The lowest BCUT2D eigenvalue weighted by Gasteiger charge is -2.28. The molecular formula is C21H19ClFN3O6. The van der Waals surface area contributed by atoms with Gasteiger partial charge in [-0.2, -0.15) is 0 Å². The number of carboxylic acid groups (broad SMARTS) is 1. The molecule has 1 amide bonds. The summed E-state index contributed by atoms with van der Waals surface area (Å²) < 4.78 is 18.8. The van der Waals surface area contributed by atoms with Crippen molar-refractivity contribution in [2.75, 3.05) is 6.54 Å². The summed E-state index contributed by atoms with van der Waals surface area (Å²) in [6.07, 6.45) is 1.06. The van der Waals surface area contributed by atoms with Gasteiger partial charge in [0.25, 0.3) is 0 Å². The van der Waals surface area contributed by atoms with E-state index in [4.69, 9.17) is 11.6 Å². The molecular weight excluding hydrogens is 445 g/mol. The summed E-state index contributed by atoms with van der Waals surface area (Å²) in [6, 6.07) is 10.8. The number of amides is 1. The summed E-state index contributed by atoms with van der Waals surface area (Å²) in [5, 5.41) is 20.9. The highest BCUT2D eigenvalue weighted by molar-refractivity contribution is 6.30. The summed E-state index contributed by atoms with van der Waals surface area (Å²) in [5.41, 5.74) is 1.72. The topological polar surface area (TPSA) is 136 Å². The lowest BCUT2D eigenvalue weighted by molar-refractivity contribution is -0.159. The van der Waals surface area contributed by atoms with Gasteiger partial charge in [0.05, 0.1) is 12.7 Å². The second-order valence-corrected chi connectivity index (χ2v) is 7.68. The molecule has 4 N–H and O–H groups in total. The normalized spacial score (nSPS) is 13.0. The van der Waals surface area contributed by atoms with E-state index in [-0.39, 0.29) is 12.3 Å². The first-order valence-corrected chi connectivity index (χ1v) is 9.67. The zero-order valence-corrected chi connectivity index (χ0v) is 17.5. The molecule has 0 bridgehead atoms. The first-order chi connectivity index (χ1) is 15.0. The maximum atomic E-state index is 14.1. The molecule has 3 aromatic rings. The summed E-state index contributed by atoms with van der Waals surface area (Å²) >= 11 is 5.94. The summed E-state index contributed by atoms with van der Waals surface area (Å²) in [6.45, 7) is 0.589. The monoisotopic (exact) mass is 463 g/mol. The van der Waals surface area contributed by atoms with Gasteiger partial charge in [-0.05, 0) is 36.2 Å². The Balaban J connectivity index is 1.81. The van der Waals surface area contributed by atoms with Crippen molar-refractivity contribution in [1.82, 2.24) is 15.4 Å². The summed E-state index contributed by atoms with van der Waals surface area (Å²) in [5.74, 6) is -3.90. The van der Waals surface area contributed by atoms with Crippen LogP contribution in [0.1, 0.15) is 23.0 Å². The molecule has 2 aromatic carbocycles. The van der Waals surface area contributed by atoms with E-state index in [1.807, 2.05) is 0 Å². The van der Waals surface area contributed by atoms with Crippen LogP contribution in [-0.2, 0) is 11.3 Å². The second kappa shape index (κ2) is 9.35. The number of nitrogens with zero attached hydrogens (tertiary/aromatic N) is 1. The first kappa shape index (κ1) is 23.2. The van der Waals surface area contributed by atoms with Crippen LogP contribution < -0.4 is 11.2 Å². The molecule has 0 aliphatic heterocycles. The minimum absolute atomic E-state index is 0.0118. The Hall–Kier alpha value is -3.47. The third-order valence-corrected chi connectivity index (χ3v) is 4.77. The quantitative estimate of drug-likeness (QED) is 0.376. The van der Waals surface area contributed by atoms with Gasteiger partial charge < -0.3 is 14.6 Å². The smallest absolute Gasteiger partial charge is 0.416 e. The lowest BCUT2D eigenvalue weighted by atomic mass is 10.0. The van der Waals surface area contributed by atoms with Gasteiger partial charge in [0.1, 0.15) is 5.82 Å². The number of aliphatic hydroxyl groups is 1. The van der Waals surface area contributed by atoms with Crippen LogP contribution >= 0.6 is 11.6 Å². The maximum absolute atomic E-state index is 14.1. The van der Waals surface area contributed by atoms with E-state index < -0.39 is 35.6 Å². The molecule has 9 nitrogen and oxygen atoms in total. The zero-order valence-electron chi connectivity index (χ0n) is 16.8. The third kappa shape index (κ3) is 5.61. The van der Waals surface area contributed by atoms with E-state index in [1.165, 1.54) is 23.2 Å². The average Bonchev–Trinajstić information content (AvgIpc) is 3.16. The number of hydrogen-bond donors (Lipinski definition) is 4. The number of aromatic nitrogens is 1. The van der Waals surface area contributed by atoms with Crippen molar-refractivity contribution in [3.63, 3.8) is 0 Å². The Morgan fingerprint density at radius 2 is 1.94 bits per heavy atom. The van der Waals surface area contributed by atoms with Crippen LogP contribution in [-0.4, -0.2) is 44.2 Å². The minimum Gasteiger partial charge on any atom is -0.479 e. The summed E-state index contributed by atoms with van der Waals surface area (Å²) in [7, 11) is 0. The number of carboxylic acids is 1. The van der Waals surface area contributed by atoms with Crippen molar-refractivity contribution in [2.24, 2.45) is 0 Å². The van der Waals surface area contributed by atoms with Gasteiger partial charge in [-0.1, -0.05) is 35.9 Å². The fourth-order valence-electron chi connectivity index (χ4n) is 2.90. The highest BCUT2D eigenvalue weighted by Gasteiger charge is 2.33. The van der Waals surface area contributed by atoms with Crippen molar-refractivity contribution in [3.05, 3.63) is 81.4 Å². The number of carbonyl (C=O) groups is 2. The van der Waals surface area contributed by atoms with Crippen molar-refractivity contribution in [2.45, 2.75) is 19.1 Å². The molecule has 0 aliphatic rings. The highest BCUT2D eigenvalue weighted by atomic mass is 35.5. The highest BCUT2D eigenvalue weighted by Crippen LogP contribution is 2.26. The van der Waals surface area contributed by atoms with Crippen LogP contribution in [0, 0.1) is 5.82 Å². The first-order valence-electron chi connectivity index (χ1n) is 9.30. The number of nitrogens with one attached hydrogen (secondary N) is 2. The second-order valence-electron chi connectivity index (χ2n) is 7.24. The molecule has 0 radical (unpaired) electrons. The Morgan fingerprint density at radius 3 is 2.53 bits per heavy atom. The number of rotatable bonds is 8. The fourth-order valence-corrected chi connectivity index (χ4v) is 3.07. The maximum Gasteiger partial charge on any atom is 0.416 e. The number of aromatic amines is 1. The lowest BCUT2D eigenvalue weighted by Crippen LogP contribution is -2.52. The van der Waals surface area contributed by atoms with Gasteiger partial charge in [0.2, 0.25) is 5.76 Å². The van der Waals surface area contributed by atoms with Crippen molar-refractivity contribution in [1.29, 1.82) is 0 Å². The van der Waals surface area contributed by atoms with E-state index >= 15 is 0 Å². The number of carbonyl (C=O) groups excluding carboxylic acids is 1. The van der Waals surface area contributed by atoms with E-state index in [0.29, 0.717) is 21.7 Å². The van der Waals surface area contributed by atoms with Gasteiger partial charge >= 0.3 is 17.6 Å². The van der Waals surface area contributed by atoms with Crippen molar-refractivity contribution >= 4 is 23.5 Å². The van der Waals surface area contributed by atoms with Crippen molar-refractivity contribution < 1.29 is 28.6 Å². The molecule has 0 saturated heterocycles. The number of oxazole rings is 1. The zero-order chi connectivity index (χ0) is 23.5. The van der Waals surface area contributed by atoms with Crippen molar-refractivity contribution in [3.8, 4) is 11.1 Å². The van der Waals surface area contributed by atoms with Gasteiger partial charge in [-0.15, -0.1) is 0 Å². The Kier molecular flexibility index (Phi) is 6.78. The fraction of sp³-hybridized carbons (Fsp3) is 0.190. The largest absolute Gasteiger partial charge is 0.479 e. The number of aliphatic carboxylic acids is 1. The van der Waals surface area contributed by atoms with Crippen LogP contribution in [0.25, 0.3) is 11.1 Å². The number of benzene rings is 2. The molecule has 11 heteroatoms. The third-order valence-electron chi connectivity index (χ3n) is 4.53. The minimum atomic E-state index is -2.18. The van der Waals surface area contributed by atoms with E-state index in [2.05, 4.69) is 14.8 Å². The Morgan fingerprint density at radius 1 is 1.25 bits per heavy atom. The number of halogens is 2.